The lowest BCUT2D eigenvalue weighted by atomic mass is 10.3. The molecule has 10 heteroatoms. The van der Waals surface area contributed by atoms with E-state index in [0.717, 1.165) is 22.7 Å². The van der Waals surface area contributed by atoms with Crippen molar-refractivity contribution >= 4 is 21.4 Å². The van der Waals surface area contributed by atoms with Crippen LogP contribution in [0.3, 0.4) is 0 Å². The van der Waals surface area contributed by atoms with Gasteiger partial charge in [0.05, 0.1) is 30.1 Å². The van der Waals surface area contributed by atoms with Crippen molar-refractivity contribution in [2.45, 2.75) is 11.6 Å². The Balaban J connectivity index is 1.44. The van der Waals surface area contributed by atoms with Gasteiger partial charge in [0.15, 0.2) is 0 Å². The van der Waals surface area contributed by atoms with Crippen molar-refractivity contribution in [3.05, 3.63) is 63.7 Å². The molecule has 1 saturated heterocycles. The van der Waals surface area contributed by atoms with E-state index in [0.29, 0.717) is 38.6 Å². The average Bonchev–Trinajstić information content (AvgIpc) is 3.15. The monoisotopic (exact) mass is 446 g/mol. The molecule has 4 rings (SSSR count). The summed E-state index contributed by atoms with van der Waals surface area (Å²) in [5, 5.41) is 1.81. The molecule has 0 saturated carbocycles. The minimum atomic E-state index is -3.56. The summed E-state index contributed by atoms with van der Waals surface area (Å²) in [5.74, 6) is 0.615. The number of hydrogen-bond donors (Lipinski definition) is 0. The summed E-state index contributed by atoms with van der Waals surface area (Å²) in [6.07, 6.45) is 1.70. The molecule has 0 unspecified atom stereocenters. The number of aromatic nitrogens is 2. The summed E-state index contributed by atoms with van der Waals surface area (Å²) in [6, 6.07) is 12.0. The Morgan fingerprint density at radius 3 is 2.43 bits per heavy atom. The maximum absolute atomic E-state index is 12.9. The average molecular weight is 447 g/mol. The lowest BCUT2D eigenvalue weighted by Crippen LogP contribution is -2.49. The Bertz CT molecular complexity index is 1150. The van der Waals surface area contributed by atoms with Crippen molar-refractivity contribution in [1.82, 2.24) is 18.8 Å². The topological polar surface area (TPSA) is 84.7 Å². The van der Waals surface area contributed by atoms with Crippen LogP contribution in [0.4, 0.5) is 0 Å². The summed E-state index contributed by atoms with van der Waals surface area (Å²) in [4.78, 5) is 19.0. The van der Waals surface area contributed by atoms with Crippen LogP contribution >= 0.6 is 11.3 Å². The predicted molar refractivity (Wildman–Crippen MR) is 115 cm³/mol. The van der Waals surface area contributed by atoms with Crippen LogP contribution in [0.15, 0.2) is 63.7 Å². The standard InChI is InChI=1S/C20H22N4O4S2/c1-28-16-5-7-17(8-6-16)30(26,27)23-12-10-22(11-13-23)15-24-19(14-29-20(24)25)18-4-2-3-9-21-18/h2-9,14H,10-13,15H2,1H3. The molecule has 0 spiro atoms. The molecule has 1 fully saturated rings. The largest absolute Gasteiger partial charge is 0.497 e. The van der Waals surface area contributed by atoms with Crippen LogP contribution in [0, 0.1) is 0 Å². The van der Waals surface area contributed by atoms with Crippen LogP contribution in [0.2, 0.25) is 0 Å². The molecular formula is C20H22N4O4S2. The van der Waals surface area contributed by atoms with Gasteiger partial charge in [-0.3, -0.25) is 19.2 Å². The molecule has 0 atom stereocenters. The van der Waals surface area contributed by atoms with Gasteiger partial charge in [0, 0.05) is 37.8 Å². The third kappa shape index (κ3) is 4.17. The van der Waals surface area contributed by atoms with E-state index < -0.39 is 10.0 Å². The van der Waals surface area contributed by atoms with Gasteiger partial charge in [0.1, 0.15) is 5.75 Å². The van der Waals surface area contributed by atoms with Gasteiger partial charge in [-0.05, 0) is 36.4 Å². The molecule has 3 heterocycles. The van der Waals surface area contributed by atoms with E-state index in [1.807, 2.05) is 23.6 Å². The van der Waals surface area contributed by atoms with Crippen LogP contribution in [-0.4, -0.2) is 60.5 Å². The van der Waals surface area contributed by atoms with E-state index in [1.54, 1.807) is 42.1 Å². The van der Waals surface area contributed by atoms with Crippen molar-refractivity contribution in [3.8, 4) is 17.1 Å². The number of methoxy groups -OCH3 is 1. The summed E-state index contributed by atoms with van der Waals surface area (Å²) >= 11 is 1.14. The second-order valence-corrected chi connectivity index (χ2v) is 9.63. The molecule has 30 heavy (non-hydrogen) atoms. The van der Waals surface area contributed by atoms with Crippen molar-refractivity contribution in [2.75, 3.05) is 33.3 Å². The first-order valence-corrected chi connectivity index (χ1v) is 11.8. The molecule has 8 nitrogen and oxygen atoms in total. The molecule has 1 aliphatic rings. The maximum Gasteiger partial charge on any atom is 0.308 e. The molecule has 0 radical (unpaired) electrons. The van der Waals surface area contributed by atoms with Crippen molar-refractivity contribution in [2.24, 2.45) is 0 Å². The normalized spacial score (nSPS) is 15.9. The van der Waals surface area contributed by atoms with Crippen molar-refractivity contribution in [1.29, 1.82) is 0 Å². The van der Waals surface area contributed by atoms with Crippen LogP contribution < -0.4 is 9.61 Å². The Morgan fingerprint density at radius 2 is 1.80 bits per heavy atom. The second kappa shape index (κ2) is 8.68. The van der Waals surface area contributed by atoms with Crippen LogP contribution in [0.25, 0.3) is 11.4 Å². The number of rotatable bonds is 6. The minimum Gasteiger partial charge on any atom is -0.497 e. The second-order valence-electron chi connectivity index (χ2n) is 6.87. The number of hydrogen-bond acceptors (Lipinski definition) is 7. The first kappa shape index (κ1) is 20.7. The molecular weight excluding hydrogens is 424 g/mol. The fourth-order valence-corrected chi connectivity index (χ4v) is 5.55. The summed E-state index contributed by atoms with van der Waals surface area (Å²) < 4.78 is 34.1. The van der Waals surface area contributed by atoms with E-state index in [4.69, 9.17) is 4.74 Å². The molecule has 0 aliphatic carbocycles. The highest BCUT2D eigenvalue weighted by molar-refractivity contribution is 7.89. The highest BCUT2D eigenvalue weighted by Crippen LogP contribution is 2.22. The van der Waals surface area contributed by atoms with Crippen LogP contribution in [-0.2, 0) is 16.7 Å². The van der Waals surface area contributed by atoms with E-state index in [9.17, 15) is 13.2 Å². The predicted octanol–water partition coefficient (Wildman–Crippen LogP) is 1.94. The molecule has 0 bridgehead atoms. The highest BCUT2D eigenvalue weighted by Gasteiger charge is 2.29. The van der Waals surface area contributed by atoms with Gasteiger partial charge in [-0.1, -0.05) is 17.4 Å². The number of piperazine rings is 1. The zero-order chi connectivity index (χ0) is 21.1. The number of pyridine rings is 1. The van der Waals surface area contributed by atoms with Crippen molar-refractivity contribution < 1.29 is 13.2 Å². The zero-order valence-corrected chi connectivity index (χ0v) is 18.1. The number of ether oxygens (including phenoxy) is 1. The molecule has 158 valence electrons. The van der Waals surface area contributed by atoms with Crippen molar-refractivity contribution in [3.63, 3.8) is 0 Å². The Labute approximate surface area is 179 Å². The molecule has 0 N–H and O–H groups in total. The zero-order valence-electron chi connectivity index (χ0n) is 16.5. The quantitative estimate of drug-likeness (QED) is 0.575. The molecule has 3 aromatic rings. The van der Waals surface area contributed by atoms with Gasteiger partial charge in [-0.15, -0.1) is 0 Å². The minimum absolute atomic E-state index is 0.0519. The summed E-state index contributed by atoms with van der Waals surface area (Å²) in [6.45, 7) is 2.22. The molecule has 0 amide bonds. The SMILES string of the molecule is COc1ccc(S(=O)(=O)N2CCN(Cn3c(-c4ccccn4)csc3=O)CC2)cc1. The highest BCUT2D eigenvalue weighted by atomic mass is 32.2. The summed E-state index contributed by atoms with van der Waals surface area (Å²) in [7, 11) is -2.01. The first-order valence-electron chi connectivity index (χ1n) is 9.45. The molecule has 1 aliphatic heterocycles. The van der Waals surface area contributed by atoms with Gasteiger partial charge < -0.3 is 4.74 Å². The van der Waals surface area contributed by atoms with Gasteiger partial charge in [-0.2, -0.15) is 4.31 Å². The van der Waals surface area contributed by atoms with Gasteiger partial charge in [0.2, 0.25) is 10.0 Å². The Kier molecular flexibility index (Phi) is 6.00. The lowest BCUT2D eigenvalue weighted by molar-refractivity contribution is 0.152. The fourth-order valence-electron chi connectivity index (χ4n) is 3.39. The third-order valence-corrected chi connectivity index (χ3v) is 7.76. The molecule has 2 aromatic heterocycles. The third-order valence-electron chi connectivity index (χ3n) is 5.08. The van der Waals surface area contributed by atoms with Crippen LogP contribution in [0.1, 0.15) is 0 Å². The number of sulfonamides is 1. The number of benzene rings is 1. The van der Waals surface area contributed by atoms with Crippen LogP contribution in [0.5, 0.6) is 5.75 Å². The Hall–Kier alpha value is -2.53. The number of nitrogens with zero attached hydrogens (tertiary/aromatic N) is 4. The van der Waals surface area contributed by atoms with E-state index >= 15 is 0 Å². The van der Waals surface area contributed by atoms with Gasteiger partial charge >= 0.3 is 4.87 Å². The van der Waals surface area contributed by atoms with E-state index in [1.165, 1.54) is 4.31 Å². The van der Waals surface area contributed by atoms with E-state index in [2.05, 4.69) is 9.88 Å². The maximum atomic E-state index is 12.9. The summed E-state index contributed by atoms with van der Waals surface area (Å²) in [5.41, 5.74) is 1.52. The van der Waals surface area contributed by atoms with E-state index in [-0.39, 0.29) is 9.77 Å². The fraction of sp³-hybridized carbons (Fsp3) is 0.300. The van der Waals surface area contributed by atoms with Gasteiger partial charge in [0.25, 0.3) is 0 Å². The molecule has 1 aromatic carbocycles. The lowest BCUT2D eigenvalue weighted by Gasteiger charge is -2.34. The first-order chi connectivity index (χ1) is 14.5. The Morgan fingerprint density at radius 1 is 1.07 bits per heavy atom. The number of thiazole rings is 1. The smallest absolute Gasteiger partial charge is 0.308 e. The van der Waals surface area contributed by atoms with Gasteiger partial charge in [-0.25, -0.2) is 8.42 Å².